The molecule has 11 heteroatoms. The lowest BCUT2D eigenvalue weighted by atomic mass is 10.1. The number of nitrogens with zero attached hydrogens (tertiary/aromatic N) is 5. The van der Waals surface area contributed by atoms with Crippen LogP contribution in [0.3, 0.4) is 0 Å². The summed E-state index contributed by atoms with van der Waals surface area (Å²) in [6.45, 7) is -0.231. The van der Waals surface area contributed by atoms with E-state index in [0.717, 1.165) is 16.9 Å². The molecule has 1 amide bonds. The third-order valence-electron chi connectivity index (χ3n) is 2.86. The molecule has 2 aromatic heterocycles. The molecule has 24 heavy (non-hydrogen) atoms. The maximum atomic E-state index is 12.7. The van der Waals surface area contributed by atoms with Crippen LogP contribution in [0.25, 0.3) is 11.4 Å². The van der Waals surface area contributed by atoms with E-state index in [9.17, 15) is 18.0 Å². The Kier molecular flexibility index (Phi) is 4.25. The number of anilines is 1. The summed E-state index contributed by atoms with van der Waals surface area (Å²) in [7, 11) is 0. The SMILES string of the molecule is O=C(Cn1nnc(-c2cccc(C(F)(F)F)c2)n1)Nc1nccs1. The van der Waals surface area contributed by atoms with Crippen molar-refractivity contribution in [1.29, 1.82) is 0 Å². The molecule has 0 unspecified atom stereocenters. The van der Waals surface area contributed by atoms with Crippen molar-refractivity contribution in [2.75, 3.05) is 5.32 Å². The average Bonchev–Trinajstić information content (AvgIpc) is 3.18. The van der Waals surface area contributed by atoms with Gasteiger partial charge >= 0.3 is 6.18 Å². The zero-order valence-corrected chi connectivity index (χ0v) is 12.7. The summed E-state index contributed by atoms with van der Waals surface area (Å²) in [4.78, 5) is 16.7. The lowest BCUT2D eigenvalue weighted by molar-refractivity contribution is -0.137. The fourth-order valence-corrected chi connectivity index (χ4v) is 2.38. The molecule has 0 radical (unpaired) electrons. The Morgan fingerprint density at radius 2 is 2.17 bits per heavy atom. The minimum atomic E-state index is -4.46. The standard InChI is InChI=1S/C13H9F3N6OS/c14-13(15,16)9-3-1-2-8(6-9)11-19-21-22(20-11)7-10(23)18-12-17-4-5-24-12/h1-6H,7H2,(H,17,18,23). The second-order valence-corrected chi connectivity index (χ2v) is 5.50. The number of aromatic nitrogens is 5. The Bertz CT molecular complexity index is 846. The van der Waals surface area contributed by atoms with E-state index >= 15 is 0 Å². The third kappa shape index (κ3) is 3.74. The van der Waals surface area contributed by atoms with Crippen LogP contribution in [0.5, 0.6) is 0 Å². The highest BCUT2D eigenvalue weighted by molar-refractivity contribution is 7.13. The van der Waals surface area contributed by atoms with E-state index in [0.29, 0.717) is 5.13 Å². The van der Waals surface area contributed by atoms with E-state index in [1.54, 1.807) is 11.6 Å². The highest BCUT2D eigenvalue weighted by atomic mass is 32.1. The van der Waals surface area contributed by atoms with Crippen molar-refractivity contribution < 1.29 is 18.0 Å². The molecule has 1 aromatic carbocycles. The zero-order valence-electron chi connectivity index (χ0n) is 11.9. The third-order valence-corrected chi connectivity index (χ3v) is 3.55. The molecule has 3 aromatic rings. The number of tetrazole rings is 1. The normalized spacial score (nSPS) is 11.5. The van der Waals surface area contributed by atoms with Crippen LogP contribution in [-0.4, -0.2) is 31.1 Å². The predicted molar refractivity (Wildman–Crippen MR) is 79.0 cm³/mol. The van der Waals surface area contributed by atoms with Crippen molar-refractivity contribution in [2.45, 2.75) is 12.7 Å². The largest absolute Gasteiger partial charge is 0.416 e. The van der Waals surface area contributed by atoms with Crippen LogP contribution in [0.4, 0.5) is 18.3 Å². The lowest BCUT2D eigenvalue weighted by Crippen LogP contribution is -2.20. The van der Waals surface area contributed by atoms with Crippen molar-refractivity contribution in [3.63, 3.8) is 0 Å². The first-order valence-electron chi connectivity index (χ1n) is 6.56. The molecule has 0 saturated heterocycles. The summed E-state index contributed by atoms with van der Waals surface area (Å²) < 4.78 is 38.2. The van der Waals surface area contributed by atoms with Crippen LogP contribution in [0, 0.1) is 0 Å². The molecule has 2 heterocycles. The number of hydrogen-bond donors (Lipinski definition) is 1. The molecule has 0 aliphatic rings. The topological polar surface area (TPSA) is 85.6 Å². The quantitative estimate of drug-likeness (QED) is 0.778. The van der Waals surface area contributed by atoms with Gasteiger partial charge in [-0.3, -0.25) is 4.79 Å². The van der Waals surface area contributed by atoms with Gasteiger partial charge in [0.05, 0.1) is 5.56 Å². The van der Waals surface area contributed by atoms with E-state index in [-0.39, 0.29) is 17.9 Å². The summed E-state index contributed by atoms with van der Waals surface area (Å²) in [6, 6.07) is 4.58. The number of carbonyl (C=O) groups excluding carboxylic acids is 1. The molecule has 0 saturated carbocycles. The monoisotopic (exact) mass is 354 g/mol. The maximum Gasteiger partial charge on any atom is 0.416 e. The van der Waals surface area contributed by atoms with Crippen molar-refractivity contribution >= 4 is 22.4 Å². The Hall–Kier alpha value is -2.82. The highest BCUT2D eigenvalue weighted by Crippen LogP contribution is 2.31. The first-order valence-corrected chi connectivity index (χ1v) is 7.44. The van der Waals surface area contributed by atoms with Crippen molar-refractivity contribution in [2.24, 2.45) is 0 Å². The van der Waals surface area contributed by atoms with E-state index < -0.39 is 17.6 Å². The van der Waals surface area contributed by atoms with E-state index in [1.807, 2.05) is 0 Å². The number of halogens is 3. The molecule has 0 spiro atoms. The molecular weight excluding hydrogens is 345 g/mol. The molecule has 0 atom stereocenters. The van der Waals surface area contributed by atoms with Crippen LogP contribution in [0.1, 0.15) is 5.56 Å². The Balaban J connectivity index is 1.72. The van der Waals surface area contributed by atoms with E-state index in [4.69, 9.17) is 0 Å². The molecule has 0 aliphatic heterocycles. The number of nitrogens with one attached hydrogen (secondary N) is 1. The first-order chi connectivity index (χ1) is 11.4. The summed E-state index contributed by atoms with van der Waals surface area (Å²) in [5, 5.41) is 15.9. The van der Waals surface area contributed by atoms with Crippen LogP contribution in [-0.2, 0) is 17.5 Å². The first kappa shape index (κ1) is 16.1. The number of carbonyl (C=O) groups is 1. The van der Waals surface area contributed by atoms with Crippen LogP contribution >= 0.6 is 11.3 Å². The van der Waals surface area contributed by atoms with Crippen molar-refractivity contribution in [3.05, 3.63) is 41.4 Å². The molecule has 3 rings (SSSR count). The van der Waals surface area contributed by atoms with Gasteiger partial charge in [-0.15, -0.1) is 21.5 Å². The van der Waals surface area contributed by atoms with Gasteiger partial charge < -0.3 is 5.32 Å². The van der Waals surface area contributed by atoms with Crippen LogP contribution < -0.4 is 5.32 Å². The lowest BCUT2D eigenvalue weighted by Gasteiger charge is -2.06. The van der Waals surface area contributed by atoms with E-state index in [1.165, 1.54) is 23.5 Å². The van der Waals surface area contributed by atoms with Gasteiger partial charge in [0.2, 0.25) is 11.7 Å². The molecule has 1 N–H and O–H groups in total. The molecular formula is C13H9F3N6OS. The number of benzene rings is 1. The molecule has 7 nitrogen and oxygen atoms in total. The van der Waals surface area contributed by atoms with Gasteiger partial charge in [0, 0.05) is 17.1 Å². The minimum Gasteiger partial charge on any atom is -0.300 e. The summed E-state index contributed by atoms with van der Waals surface area (Å²) in [5.41, 5.74) is -0.644. The fourth-order valence-electron chi connectivity index (χ4n) is 1.83. The van der Waals surface area contributed by atoms with Gasteiger partial charge in [-0.1, -0.05) is 12.1 Å². The molecule has 0 bridgehead atoms. The smallest absolute Gasteiger partial charge is 0.300 e. The Morgan fingerprint density at radius 3 is 2.88 bits per heavy atom. The molecule has 0 fully saturated rings. The maximum absolute atomic E-state index is 12.7. The number of thiazole rings is 1. The van der Waals surface area contributed by atoms with Gasteiger partial charge in [-0.25, -0.2) is 4.98 Å². The summed E-state index contributed by atoms with van der Waals surface area (Å²) >= 11 is 1.25. The fraction of sp³-hybridized carbons (Fsp3) is 0.154. The molecule has 0 aliphatic carbocycles. The van der Waals surface area contributed by atoms with Gasteiger partial charge in [-0.2, -0.15) is 18.0 Å². The number of amides is 1. The second kappa shape index (κ2) is 6.35. The highest BCUT2D eigenvalue weighted by Gasteiger charge is 2.30. The number of rotatable bonds is 4. The van der Waals surface area contributed by atoms with Crippen molar-refractivity contribution in [3.8, 4) is 11.4 Å². The predicted octanol–water partition coefficient (Wildman–Crippen LogP) is 2.45. The zero-order chi connectivity index (χ0) is 17.2. The second-order valence-electron chi connectivity index (χ2n) is 4.61. The van der Waals surface area contributed by atoms with Gasteiger partial charge in [0.15, 0.2) is 5.13 Å². The van der Waals surface area contributed by atoms with Crippen molar-refractivity contribution in [1.82, 2.24) is 25.2 Å². The van der Waals surface area contributed by atoms with Gasteiger partial charge in [0.25, 0.3) is 0 Å². The number of alkyl halides is 3. The summed E-state index contributed by atoms with van der Waals surface area (Å²) in [5.74, 6) is -0.416. The average molecular weight is 354 g/mol. The van der Waals surface area contributed by atoms with Crippen LogP contribution in [0.15, 0.2) is 35.8 Å². The summed E-state index contributed by atoms with van der Waals surface area (Å²) in [6.07, 6.45) is -2.92. The van der Waals surface area contributed by atoms with Crippen LogP contribution in [0.2, 0.25) is 0 Å². The van der Waals surface area contributed by atoms with Gasteiger partial charge in [0.1, 0.15) is 6.54 Å². The molecule has 124 valence electrons. The van der Waals surface area contributed by atoms with E-state index in [2.05, 4.69) is 25.7 Å². The Labute approximate surface area is 137 Å². The minimum absolute atomic E-state index is 0.00292. The van der Waals surface area contributed by atoms with Gasteiger partial charge in [-0.05, 0) is 17.3 Å². The number of hydrogen-bond acceptors (Lipinski definition) is 6. The Morgan fingerprint density at radius 1 is 1.33 bits per heavy atom.